The van der Waals surface area contributed by atoms with Gasteiger partial charge in [-0.15, -0.1) is 11.3 Å². The van der Waals surface area contributed by atoms with Crippen molar-refractivity contribution in [2.45, 2.75) is 0 Å². The Morgan fingerprint density at radius 1 is 1.44 bits per heavy atom. The molecule has 2 heterocycles. The van der Waals surface area contributed by atoms with E-state index in [-0.39, 0.29) is 11.7 Å². The van der Waals surface area contributed by atoms with Gasteiger partial charge in [0.1, 0.15) is 20.5 Å². The van der Waals surface area contributed by atoms with Crippen LogP contribution in [0.1, 0.15) is 0 Å². The van der Waals surface area contributed by atoms with Crippen molar-refractivity contribution in [3.05, 3.63) is 11.4 Å². The number of thiophene rings is 1. The molecule has 0 spiro atoms. The van der Waals surface area contributed by atoms with Gasteiger partial charge in [0.05, 0.1) is 11.1 Å². The van der Waals surface area contributed by atoms with E-state index in [2.05, 4.69) is 9.97 Å². The highest BCUT2D eigenvalue weighted by Crippen LogP contribution is 2.27. The molecule has 0 fully saturated rings. The first kappa shape index (κ1) is 13.0. The number of sulfone groups is 1. The summed E-state index contributed by atoms with van der Waals surface area (Å²) in [6.45, 7) is 0.375. The van der Waals surface area contributed by atoms with Crippen molar-refractivity contribution >= 4 is 43.2 Å². The van der Waals surface area contributed by atoms with E-state index in [9.17, 15) is 8.42 Å². The maximum absolute atomic E-state index is 11.2. The highest BCUT2D eigenvalue weighted by atomic mass is 32.2. The molecule has 0 aromatic carbocycles. The van der Waals surface area contributed by atoms with Crippen LogP contribution in [0, 0.1) is 0 Å². The van der Waals surface area contributed by atoms with Crippen LogP contribution in [0.5, 0.6) is 0 Å². The van der Waals surface area contributed by atoms with Gasteiger partial charge in [-0.05, 0) is 11.4 Å². The highest BCUT2D eigenvalue weighted by molar-refractivity contribution is 7.90. The smallest absolute Gasteiger partial charge is 0.223 e. The molecule has 0 unspecified atom stereocenters. The van der Waals surface area contributed by atoms with Crippen molar-refractivity contribution in [3.8, 4) is 0 Å². The minimum absolute atomic E-state index is 0.0824. The zero-order chi connectivity index (χ0) is 13.3. The van der Waals surface area contributed by atoms with Crippen molar-refractivity contribution in [2.24, 2.45) is 0 Å². The first-order valence-corrected chi connectivity index (χ1v) is 8.20. The molecule has 0 amide bonds. The standard InChI is InChI=1S/C10H14N4O2S2/c1-14(4-6-18(2,15)16)8-7-3-5-17-9(7)13-10(11)12-8/h3,5H,4,6H2,1-2H3,(H2,11,12,13). The summed E-state index contributed by atoms with van der Waals surface area (Å²) in [4.78, 5) is 10.9. The van der Waals surface area contributed by atoms with Crippen molar-refractivity contribution in [2.75, 3.05) is 36.2 Å². The zero-order valence-electron chi connectivity index (χ0n) is 10.1. The van der Waals surface area contributed by atoms with Gasteiger partial charge >= 0.3 is 0 Å². The van der Waals surface area contributed by atoms with Crippen LogP contribution in [0.4, 0.5) is 11.8 Å². The number of rotatable bonds is 4. The number of nitrogens with two attached hydrogens (primary N) is 1. The SMILES string of the molecule is CN(CCS(C)(=O)=O)c1nc(N)nc2sccc12. The third kappa shape index (κ3) is 2.88. The number of hydrogen-bond acceptors (Lipinski definition) is 7. The van der Waals surface area contributed by atoms with E-state index in [1.165, 1.54) is 17.6 Å². The number of anilines is 2. The maximum Gasteiger partial charge on any atom is 0.223 e. The summed E-state index contributed by atoms with van der Waals surface area (Å²) in [5, 5.41) is 2.80. The summed E-state index contributed by atoms with van der Waals surface area (Å²) in [5.74, 6) is 0.951. The van der Waals surface area contributed by atoms with Crippen molar-refractivity contribution in [1.29, 1.82) is 0 Å². The quantitative estimate of drug-likeness (QED) is 0.892. The average molecular weight is 286 g/mol. The minimum Gasteiger partial charge on any atom is -0.368 e. The summed E-state index contributed by atoms with van der Waals surface area (Å²) in [5.41, 5.74) is 5.64. The molecule has 0 atom stereocenters. The van der Waals surface area contributed by atoms with Crippen LogP contribution in [0.25, 0.3) is 10.2 Å². The minimum atomic E-state index is -2.99. The Morgan fingerprint density at radius 3 is 2.83 bits per heavy atom. The normalized spacial score (nSPS) is 11.9. The molecule has 0 aliphatic heterocycles. The van der Waals surface area contributed by atoms with Crippen LogP contribution >= 0.6 is 11.3 Å². The number of nitrogens with zero attached hydrogens (tertiary/aromatic N) is 3. The van der Waals surface area contributed by atoms with E-state index in [1.807, 2.05) is 11.4 Å². The monoisotopic (exact) mass is 286 g/mol. The van der Waals surface area contributed by atoms with E-state index in [0.717, 1.165) is 10.2 Å². The van der Waals surface area contributed by atoms with Crippen molar-refractivity contribution < 1.29 is 8.42 Å². The van der Waals surface area contributed by atoms with E-state index in [1.54, 1.807) is 11.9 Å². The van der Waals surface area contributed by atoms with E-state index in [0.29, 0.717) is 12.4 Å². The molecule has 2 aromatic rings. The third-order valence-corrected chi connectivity index (χ3v) is 4.21. The molecule has 0 bridgehead atoms. The molecule has 8 heteroatoms. The fourth-order valence-corrected chi connectivity index (χ4v) is 2.93. The molecule has 0 saturated carbocycles. The van der Waals surface area contributed by atoms with Crippen molar-refractivity contribution in [3.63, 3.8) is 0 Å². The van der Waals surface area contributed by atoms with Crippen LogP contribution < -0.4 is 10.6 Å². The lowest BCUT2D eigenvalue weighted by atomic mass is 10.3. The van der Waals surface area contributed by atoms with E-state index in [4.69, 9.17) is 5.73 Å². The Bertz CT molecular complexity index is 666. The second-order valence-electron chi connectivity index (χ2n) is 4.10. The molecular formula is C10H14N4O2S2. The van der Waals surface area contributed by atoms with Crippen LogP contribution in [0.2, 0.25) is 0 Å². The molecule has 98 valence electrons. The van der Waals surface area contributed by atoms with Crippen molar-refractivity contribution in [1.82, 2.24) is 9.97 Å². The van der Waals surface area contributed by atoms with E-state index >= 15 is 0 Å². The first-order valence-electron chi connectivity index (χ1n) is 5.26. The Labute approximate surface area is 109 Å². The van der Waals surface area contributed by atoms with Gasteiger partial charge in [0, 0.05) is 19.8 Å². The molecule has 18 heavy (non-hydrogen) atoms. The second kappa shape index (κ2) is 4.69. The number of fused-ring (bicyclic) bond motifs is 1. The summed E-state index contributed by atoms with van der Waals surface area (Å²) in [6, 6.07) is 1.91. The molecule has 0 aliphatic rings. The van der Waals surface area contributed by atoms with Gasteiger partial charge in [-0.1, -0.05) is 0 Å². The molecule has 0 saturated heterocycles. The Balaban J connectivity index is 2.32. The van der Waals surface area contributed by atoms with Gasteiger partial charge in [-0.3, -0.25) is 0 Å². The zero-order valence-corrected chi connectivity index (χ0v) is 11.8. The Hall–Kier alpha value is -1.41. The predicted molar refractivity (Wildman–Crippen MR) is 74.8 cm³/mol. The predicted octanol–water partition coefficient (Wildman–Crippen LogP) is 0.754. The Kier molecular flexibility index (Phi) is 3.40. The largest absolute Gasteiger partial charge is 0.368 e. The van der Waals surface area contributed by atoms with Gasteiger partial charge in [-0.25, -0.2) is 13.4 Å². The summed E-state index contributed by atoms with van der Waals surface area (Å²) >= 11 is 1.48. The topological polar surface area (TPSA) is 89.2 Å². The van der Waals surface area contributed by atoms with Gasteiger partial charge in [-0.2, -0.15) is 4.98 Å². The molecule has 2 rings (SSSR count). The van der Waals surface area contributed by atoms with Gasteiger partial charge < -0.3 is 10.6 Å². The number of nitrogen functional groups attached to an aromatic ring is 1. The van der Waals surface area contributed by atoms with Crippen LogP contribution in [-0.2, 0) is 9.84 Å². The van der Waals surface area contributed by atoms with Gasteiger partial charge in [0.15, 0.2) is 0 Å². The molecule has 2 N–H and O–H groups in total. The van der Waals surface area contributed by atoms with Crippen LogP contribution in [-0.4, -0.2) is 44.0 Å². The molecule has 0 aliphatic carbocycles. The maximum atomic E-state index is 11.2. The fraction of sp³-hybridized carbons (Fsp3) is 0.400. The lowest BCUT2D eigenvalue weighted by Crippen LogP contribution is -2.26. The lowest BCUT2D eigenvalue weighted by molar-refractivity contribution is 0.601. The summed E-state index contributed by atoms with van der Waals surface area (Å²) in [6.07, 6.45) is 1.22. The second-order valence-corrected chi connectivity index (χ2v) is 7.25. The summed E-state index contributed by atoms with van der Waals surface area (Å²) in [7, 11) is -1.20. The van der Waals surface area contributed by atoms with Crippen LogP contribution in [0.3, 0.4) is 0 Å². The average Bonchev–Trinajstić information content (AvgIpc) is 2.71. The number of aromatic nitrogens is 2. The van der Waals surface area contributed by atoms with E-state index < -0.39 is 9.84 Å². The van der Waals surface area contributed by atoms with Gasteiger partial charge in [0.2, 0.25) is 5.95 Å². The molecule has 6 nitrogen and oxygen atoms in total. The Morgan fingerprint density at radius 2 is 2.17 bits per heavy atom. The fourth-order valence-electron chi connectivity index (χ4n) is 1.56. The molecular weight excluding hydrogens is 272 g/mol. The molecule has 0 radical (unpaired) electrons. The third-order valence-electron chi connectivity index (χ3n) is 2.48. The number of hydrogen-bond donors (Lipinski definition) is 1. The highest BCUT2D eigenvalue weighted by Gasteiger charge is 2.13. The molecule has 2 aromatic heterocycles. The van der Waals surface area contributed by atoms with Gasteiger partial charge in [0.25, 0.3) is 0 Å². The summed E-state index contributed by atoms with van der Waals surface area (Å²) < 4.78 is 22.3. The lowest BCUT2D eigenvalue weighted by Gasteiger charge is -2.18. The first-order chi connectivity index (χ1) is 8.37. The van der Waals surface area contributed by atoms with Crippen LogP contribution in [0.15, 0.2) is 11.4 Å².